The quantitative estimate of drug-likeness (QED) is 0.925. The molecule has 1 aromatic rings. The lowest BCUT2D eigenvalue weighted by molar-refractivity contribution is 0.333. The van der Waals surface area contributed by atoms with Crippen LogP contribution >= 0.6 is 11.8 Å². The number of benzene rings is 1. The molecule has 2 atom stereocenters. The van der Waals surface area contributed by atoms with Crippen LogP contribution in [0.25, 0.3) is 0 Å². The molecule has 1 saturated carbocycles. The number of amidine groups is 1. The number of methoxy groups -OCH3 is 1. The number of rotatable bonds is 3. The fourth-order valence-electron chi connectivity index (χ4n) is 2.95. The lowest BCUT2D eigenvalue weighted by Crippen LogP contribution is -2.29. The summed E-state index contributed by atoms with van der Waals surface area (Å²) in [6.07, 6.45) is 5.16. The predicted molar refractivity (Wildman–Crippen MR) is 94.0 cm³/mol. The van der Waals surface area contributed by atoms with Crippen LogP contribution in [-0.4, -0.2) is 29.8 Å². The summed E-state index contributed by atoms with van der Waals surface area (Å²) < 4.78 is 5.19. The van der Waals surface area contributed by atoms with E-state index in [4.69, 9.17) is 9.73 Å². The predicted octanol–water partition coefficient (Wildman–Crippen LogP) is 3.67. The van der Waals surface area contributed by atoms with Crippen LogP contribution in [0.4, 0.5) is 0 Å². The van der Waals surface area contributed by atoms with Crippen molar-refractivity contribution in [2.45, 2.75) is 38.6 Å². The van der Waals surface area contributed by atoms with Gasteiger partial charge < -0.3 is 4.74 Å². The third kappa shape index (κ3) is 3.64. The van der Waals surface area contributed by atoms with E-state index in [2.05, 4.69) is 17.5 Å². The van der Waals surface area contributed by atoms with Crippen LogP contribution in [0.1, 0.15) is 38.2 Å². The van der Waals surface area contributed by atoms with Crippen molar-refractivity contribution in [3.05, 3.63) is 29.8 Å². The highest BCUT2D eigenvalue weighted by Crippen LogP contribution is 2.27. The minimum absolute atomic E-state index is 0.460. The Hall–Kier alpha value is -1.49. The molecule has 118 valence electrons. The Morgan fingerprint density at radius 3 is 2.64 bits per heavy atom. The topological polar surface area (TPSA) is 46.0 Å². The van der Waals surface area contributed by atoms with Gasteiger partial charge in [-0.3, -0.25) is 10.4 Å². The van der Waals surface area contributed by atoms with Crippen molar-refractivity contribution in [3.8, 4) is 5.75 Å². The van der Waals surface area contributed by atoms with Crippen molar-refractivity contribution in [2.75, 3.05) is 12.9 Å². The number of nitrogens with one attached hydrogen (secondary N) is 1. The summed E-state index contributed by atoms with van der Waals surface area (Å²) in [7, 11) is 1.68. The Bertz CT molecular complexity index is 568. The molecule has 2 aliphatic rings. The van der Waals surface area contributed by atoms with Gasteiger partial charge in [-0.25, -0.2) is 0 Å². The summed E-state index contributed by atoms with van der Waals surface area (Å²) in [5.74, 6) is 2.42. The van der Waals surface area contributed by atoms with Gasteiger partial charge in [-0.1, -0.05) is 31.5 Å². The molecule has 5 heteroatoms. The first kappa shape index (κ1) is 15.4. The Kier molecular flexibility index (Phi) is 5.03. The van der Waals surface area contributed by atoms with Crippen LogP contribution in [0, 0.1) is 5.92 Å². The van der Waals surface area contributed by atoms with Gasteiger partial charge in [0.25, 0.3) is 0 Å². The second-order valence-corrected chi connectivity index (χ2v) is 6.91. The average molecular weight is 317 g/mol. The van der Waals surface area contributed by atoms with Crippen LogP contribution in [0.15, 0.2) is 34.4 Å². The Labute approximate surface area is 136 Å². The second-order valence-electron chi connectivity index (χ2n) is 5.95. The van der Waals surface area contributed by atoms with E-state index >= 15 is 0 Å². The lowest BCUT2D eigenvalue weighted by atomic mass is 9.86. The fraction of sp³-hybridized carbons (Fsp3) is 0.529. The van der Waals surface area contributed by atoms with Crippen molar-refractivity contribution in [1.82, 2.24) is 5.43 Å². The number of nitrogens with zero attached hydrogens (tertiary/aromatic N) is 2. The van der Waals surface area contributed by atoms with Gasteiger partial charge in [0.05, 0.1) is 18.9 Å². The summed E-state index contributed by atoms with van der Waals surface area (Å²) in [6.45, 7) is 2.31. The van der Waals surface area contributed by atoms with Crippen LogP contribution in [-0.2, 0) is 0 Å². The average Bonchev–Trinajstić information content (AvgIpc) is 2.58. The number of thioether (sulfide) groups is 1. The molecule has 22 heavy (non-hydrogen) atoms. The van der Waals surface area contributed by atoms with Gasteiger partial charge in [0, 0.05) is 5.75 Å². The first-order valence-corrected chi connectivity index (χ1v) is 8.92. The van der Waals surface area contributed by atoms with E-state index in [1.54, 1.807) is 18.9 Å². The third-order valence-electron chi connectivity index (χ3n) is 4.40. The van der Waals surface area contributed by atoms with Crippen molar-refractivity contribution in [2.24, 2.45) is 16.0 Å². The van der Waals surface area contributed by atoms with E-state index in [1.165, 1.54) is 25.7 Å². The molecule has 0 radical (unpaired) electrons. The third-order valence-corrected chi connectivity index (χ3v) is 5.29. The molecular formula is C17H23N3OS. The van der Waals surface area contributed by atoms with Gasteiger partial charge in [-0.2, -0.15) is 5.10 Å². The number of aliphatic imine (C=N–C) groups is 1. The Balaban J connectivity index is 1.65. The van der Waals surface area contributed by atoms with Gasteiger partial charge in [0.15, 0.2) is 5.17 Å². The van der Waals surface area contributed by atoms with Crippen molar-refractivity contribution < 1.29 is 4.74 Å². The molecule has 0 saturated heterocycles. The minimum Gasteiger partial charge on any atom is -0.497 e. The van der Waals surface area contributed by atoms with Crippen LogP contribution in [0.2, 0.25) is 0 Å². The number of hydrogen-bond acceptors (Lipinski definition) is 4. The maximum Gasteiger partial charge on any atom is 0.177 e. The van der Waals surface area contributed by atoms with Gasteiger partial charge in [-0.15, -0.1) is 0 Å². The fourth-order valence-corrected chi connectivity index (χ4v) is 3.78. The summed E-state index contributed by atoms with van der Waals surface area (Å²) in [6, 6.07) is 8.49. The highest BCUT2D eigenvalue weighted by Gasteiger charge is 2.22. The van der Waals surface area contributed by atoms with Crippen molar-refractivity contribution >= 4 is 22.6 Å². The number of hydrogen-bond donors (Lipinski definition) is 1. The van der Waals surface area contributed by atoms with E-state index in [-0.39, 0.29) is 0 Å². The highest BCUT2D eigenvalue weighted by molar-refractivity contribution is 8.14. The molecule has 0 aromatic heterocycles. The van der Waals surface area contributed by atoms with Crippen molar-refractivity contribution in [3.63, 3.8) is 0 Å². The molecule has 1 fully saturated rings. The number of hydrazone groups is 1. The smallest absolute Gasteiger partial charge is 0.177 e. The van der Waals surface area contributed by atoms with Crippen LogP contribution in [0.5, 0.6) is 5.75 Å². The summed E-state index contributed by atoms with van der Waals surface area (Å²) in [5.41, 5.74) is 5.32. The first-order valence-electron chi connectivity index (χ1n) is 7.94. The maximum absolute atomic E-state index is 5.19. The summed E-state index contributed by atoms with van der Waals surface area (Å²) in [5, 5.41) is 5.47. The Morgan fingerprint density at radius 1 is 1.23 bits per heavy atom. The zero-order valence-corrected chi connectivity index (χ0v) is 14.0. The highest BCUT2D eigenvalue weighted by atomic mass is 32.2. The molecule has 0 bridgehead atoms. The van der Waals surface area contributed by atoms with Gasteiger partial charge in [0.1, 0.15) is 5.75 Å². The normalized spacial score (nSPS) is 27.2. The summed E-state index contributed by atoms with van der Waals surface area (Å²) >= 11 is 1.75. The van der Waals surface area contributed by atoms with Gasteiger partial charge >= 0.3 is 0 Å². The monoisotopic (exact) mass is 317 g/mol. The number of ether oxygens (including phenoxy) is 1. The maximum atomic E-state index is 5.19. The molecule has 0 amide bonds. The van der Waals surface area contributed by atoms with Gasteiger partial charge in [0.2, 0.25) is 0 Å². The zero-order chi connectivity index (χ0) is 15.4. The summed E-state index contributed by atoms with van der Waals surface area (Å²) in [4.78, 5) is 4.87. The van der Waals surface area contributed by atoms with E-state index in [9.17, 15) is 0 Å². The molecule has 3 rings (SSSR count). The zero-order valence-electron chi connectivity index (χ0n) is 13.2. The largest absolute Gasteiger partial charge is 0.497 e. The molecular weight excluding hydrogens is 294 g/mol. The molecule has 1 aromatic carbocycles. The lowest BCUT2D eigenvalue weighted by Gasteiger charge is -2.26. The molecule has 1 N–H and O–H groups in total. The molecule has 1 aliphatic heterocycles. The molecule has 0 unspecified atom stereocenters. The van der Waals surface area contributed by atoms with Gasteiger partial charge in [-0.05, 0) is 48.6 Å². The van der Waals surface area contributed by atoms with E-state index < -0.39 is 0 Å². The standard InChI is InChI=1S/C17H23N3OS/c1-12-5-3-4-6-15(12)18-17-20-19-16(11-22-17)13-7-9-14(21-2)10-8-13/h7-10,12,15H,3-6,11H2,1-2H3,(H,18,20)/t12-,15-/m1/s1. The molecule has 0 spiro atoms. The molecule has 1 heterocycles. The minimum atomic E-state index is 0.460. The van der Waals surface area contributed by atoms with Crippen LogP contribution in [0.3, 0.4) is 0 Å². The Morgan fingerprint density at radius 2 is 2.00 bits per heavy atom. The van der Waals surface area contributed by atoms with E-state index in [0.717, 1.165) is 27.9 Å². The SMILES string of the molecule is COc1ccc(C2=NNC(=N[C@@H]3CCCC[C@H]3C)SC2)cc1. The van der Waals surface area contributed by atoms with Crippen LogP contribution < -0.4 is 10.2 Å². The molecule has 1 aliphatic carbocycles. The van der Waals surface area contributed by atoms with E-state index in [0.29, 0.717) is 12.0 Å². The first-order chi connectivity index (χ1) is 10.8. The van der Waals surface area contributed by atoms with Crippen molar-refractivity contribution in [1.29, 1.82) is 0 Å². The molecule has 4 nitrogen and oxygen atoms in total. The second kappa shape index (κ2) is 7.18. The van der Waals surface area contributed by atoms with E-state index in [1.807, 2.05) is 24.3 Å².